The Balaban J connectivity index is 4.49. The van der Waals surface area contributed by atoms with Crippen molar-refractivity contribution < 1.29 is 0 Å². The summed E-state index contributed by atoms with van der Waals surface area (Å²) in [6.07, 6.45) is 0. The van der Waals surface area contributed by atoms with E-state index in [9.17, 15) is 0 Å². The number of hydrogen-bond donors (Lipinski definition) is 0. The molecule has 0 fully saturated rings. The van der Waals surface area contributed by atoms with E-state index < -0.39 is 13.3 Å². The van der Waals surface area contributed by atoms with Crippen molar-refractivity contribution in [2.45, 2.75) is 27.9 Å². The van der Waals surface area contributed by atoms with Crippen LogP contribution in [0.4, 0.5) is 0 Å². The van der Waals surface area contributed by atoms with E-state index in [1.54, 1.807) is 0 Å². The van der Waals surface area contributed by atoms with E-state index in [2.05, 4.69) is 63.9 Å². The second kappa shape index (κ2) is 9.35. The second-order valence-electron chi connectivity index (χ2n) is 6.51. The molecule has 0 amide bonds. The molecule has 0 bridgehead atoms. The van der Waals surface area contributed by atoms with Crippen molar-refractivity contribution in [3.63, 3.8) is 0 Å². The van der Waals surface area contributed by atoms with E-state index >= 15 is 0 Å². The van der Waals surface area contributed by atoms with Gasteiger partial charge in [-0.25, -0.2) is 0 Å². The molecular formula is C14H35GeN3. The quantitative estimate of drug-likeness (QED) is 0.572. The van der Waals surface area contributed by atoms with E-state index in [0.717, 1.165) is 0 Å². The number of rotatable bonds is 10. The van der Waals surface area contributed by atoms with Crippen LogP contribution in [0.15, 0.2) is 0 Å². The molecule has 110 valence electrons. The van der Waals surface area contributed by atoms with Crippen molar-refractivity contribution in [1.82, 2.24) is 14.7 Å². The van der Waals surface area contributed by atoms with Crippen LogP contribution < -0.4 is 0 Å². The van der Waals surface area contributed by atoms with Crippen LogP contribution in [-0.2, 0) is 0 Å². The first-order chi connectivity index (χ1) is 8.31. The molecule has 0 heterocycles. The molecule has 0 aromatic rings. The third-order valence-corrected chi connectivity index (χ3v) is 15.2. The molecule has 0 aliphatic rings. The summed E-state index contributed by atoms with van der Waals surface area (Å²) in [6, 6.07) is 0. The maximum atomic E-state index is 2.45. The van der Waals surface area contributed by atoms with Crippen LogP contribution in [0.1, 0.15) is 6.92 Å². The molecule has 0 N–H and O–H groups in total. The van der Waals surface area contributed by atoms with Crippen molar-refractivity contribution in [1.29, 1.82) is 0 Å². The van der Waals surface area contributed by atoms with E-state index in [0.29, 0.717) is 0 Å². The Kier molecular flexibility index (Phi) is 9.57. The van der Waals surface area contributed by atoms with Crippen molar-refractivity contribution in [2.24, 2.45) is 0 Å². The van der Waals surface area contributed by atoms with Gasteiger partial charge in [-0.3, -0.25) is 0 Å². The summed E-state index contributed by atoms with van der Waals surface area (Å²) in [5.41, 5.74) is 0. The Morgan fingerprint density at radius 3 is 1.06 bits per heavy atom. The molecule has 0 atom stereocenters. The van der Waals surface area contributed by atoms with E-state index in [4.69, 9.17) is 0 Å². The summed E-state index contributed by atoms with van der Waals surface area (Å²) in [6.45, 7) is 6.30. The van der Waals surface area contributed by atoms with Gasteiger partial charge in [-0.1, -0.05) is 0 Å². The molecule has 0 unspecified atom stereocenters. The zero-order chi connectivity index (χ0) is 14.2. The zero-order valence-corrected chi connectivity index (χ0v) is 15.9. The van der Waals surface area contributed by atoms with Crippen molar-refractivity contribution >= 4 is 13.3 Å². The fraction of sp³-hybridized carbons (Fsp3) is 1.00. The molecule has 0 aliphatic carbocycles. The van der Waals surface area contributed by atoms with Gasteiger partial charge >= 0.3 is 118 Å². The van der Waals surface area contributed by atoms with Gasteiger partial charge in [0.05, 0.1) is 0 Å². The van der Waals surface area contributed by atoms with Crippen LogP contribution in [0.25, 0.3) is 0 Å². The van der Waals surface area contributed by atoms with Crippen molar-refractivity contribution in [3.05, 3.63) is 0 Å². The standard InChI is InChI=1S/C14H35GeN3/c1-8-15(9-12-16(2)3,10-13-17(4)5)11-14-18(6)7/h8-14H2,1-7H3. The second-order valence-corrected chi connectivity index (χ2v) is 17.4. The molecule has 0 aliphatic heterocycles. The third kappa shape index (κ3) is 8.51. The first kappa shape index (κ1) is 18.4. The molecule has 0 aromatic carbocycles. The van der Waals surface area contributed by atoms with E-state index in [1.807, 2.05) is 0 Å². The molecular weight excluding hydrogens is 283 g/mol. The average Bonchev–Trinajstić information content (AvgIpc) is 2.28. The Morgan fingerprint density at radius 1 is 0.611 bits per heavy atom. The summed E-state index contributed by atoms with van der Waals surface area (Å²) in [5.74, 6) is 0. The van der Waals surface area contributed by atoms with Gasteiger partial charge in [0.2, 0.25) is 0 Å². The molecule has 0 saturated carbocycles. The van der Waals surface area contributed by atoms with Gasteiger partial charge < -0.3 is 0 Å². The Labute approximate surface area is 118 Å². The number of hydrogen-bond acceptors (Lipinski definition) is 3. The summed E-state index contributed by atoms with van der Waals surface area (Å²) in [7, 11) is 13.3. The zero-order valence-electron chi connectivity index (χ0n) is 13.8. The van der Waals surface area contributed by atoms with Crippen LogP contribution in [-0.4, -0.2) is 89.9 Å². The van der Waals surface area contributed by atoms with Crippen LogP contribution in [0.2, 0.25) is 21.0 Å². The Morgan fingerprint density at radius 2 is 0.889 bits per heavy atom. The number of nitrogens with zero attached hydrogens (tertiary/aromatic N) is 3. The minimum absolute atomic E-state index is 1.29. The van der Waals surface area contributed by atoms with Gasteiger partial charge in [0.1, 0.15) is 0 Å². The Bertz CT molecular complexity index is 174. The predicted octanol–water partition coefficient (Wildman–Crippen LogP) is 2.14. The van der Waals surface area contributed by atoms with Crippen LogP contribution in [0.5, 0.6) is 0 Å². The summed E-state index contributed by atoms with van der Waals surface area (Å²) in [5, 5.41) is 6.00. The molecule has 0 aromatic heterocycles. The summed E-state index contributed by atoms with van der Waals surface area (Å²) in [4.78, 5) is 7.09. The van der Waals surface area contributed by atoms with Gasteiger partial charge in [-0.05, 0) is 0 Å². The molecule has 18 heavy (non-hydrogen) atoms. The van der Waals surface area contributed by atoms with Crippen LogP contribution in [0, 0.1) is 0 Å². The molecule has 0 spiro atoms. The summed E-state index contributed by atoms with van der Waals surface area (Å²) < 4.78 is 0. The monoisotopic (exact) mass is 319 g/mol. The molecule has 4 heteroatoms. The van der Waals surface area contributed by atoms with E-state index in [-0.39, 0.29) is 0 Å². The topological polar surface area (TPSA) is 9.72 Å². The summed E-state index contributed by atoms with van der Waals surface area (Å²) >= 11 is -1.64. The maximum absolute atomic E-state index is 2.45. The van der Waals surface area contributed by atoms with Crippen LogP contribution >= 0.6 is 0 Å². The van der Waals surface area contributed by atoms with Gasteiger partial charge in [0.15, 0.2) is 0 Å². The molecule has 0 radical (unpaired) electrons. The fourth-order valence-electron chi connectivity index (χ4n) is 2.29. The van der Waals surface area contributed by atoms with Crippen molar-refractivity contribution in [3.8, 4) is 0 Å². The van der Waals surface area contributed by atoms with Gasteiger partial charge in [0, 0.05) is 0 Å². The SMILES string of the molecule is C[CH2][Ge]([CH2]CN(C)C)([CH2]CN(C)C)[CH2]CN(C)C. The van der Waals surface area contributed by atoms with E-state index in [1.165, 1.54) is 40.6 Å². The van der Waals surface area contributed by atoms with Gasteiger partial charge in [-0.2, -0.15) is 0 Å². The first-order valence-corrected chi connectivity index (χ1v) is 13.2. The third-order valence-electron chi connectivity index (χ3n) is 4.02. The first-order valence-electron chi connectivity index (χ1n) is 7.25. The minimum atomic E-state index is -1.64. The fourth-order valence-corrected chi connectivity index (χ4v) is 11.9. The van der Waals surface area contributed by atoms with Crippen molar-refractivity contribution in [2.75, 3.05) is 61.9 Å². The average molecular weight is 318 g/mol. The predicted molar refractivity (Wildman–Crippen MR) is 86.3 cm³/mol. The Hall–Kier alpha value is 0.423. The normalized spacial score (nSPS) is 13.0. The molecule has 0 rings (SSSR count). The van der Waals surface area contributed by atoms with Gasteiger partial charge in [-0.15, -0.1) is 0 Å². The molecule has 3 nitrogen and oxygen atoms in total. The van der Waals surface area contributed by atoms with Gasteiger partial charge in [0.25, 0.3) is 0 Å². The molecule has 0 saturated heterocycles. The van der Waals surface area contributed by atoms with Crippen LogP contribution in [0.3, 0.4) is 0 Å².